The third-order valence-electron chi connectivity index (χ3n) is 1.77. The van der Waals surface area contributed by atoms with E-state index in [1.54, 1.807) is 17.5 Å². The summed E-state index contributed by atoms with van der Waals surface area (Å²) in [5.74, 6) is 0. The molecule has 4 heteroatoms. The molecule has 14 heavy (non-hydrogen) atoms. The van der Waals surface area contributed by atoms with E-state index in [2.05, 4.69) is 4.98 Å². The van der Waals surface area contributed by atoms with E-state index in [1.807, 2.05) is 30.3 Å². The quantitative estimate of drug-likeness (QED) is 0.790. The molecule has 2 nitrogen and oxygen atoms in total. The van der Waals surface area contributed by atoms with Gasteiger partial charge in [-0.25, -0.2) is 0 Å². The fourth-order valence-electron chi connectivity index (χ4n) is 1.12. The van der Waals surface area contributed by atoms with Gasteiger partial charge in [0.15, 0.2) is 0 Å². The zero-order valence-electron chi connectivity index (χ0n) is 7.31. The lowest BCUT2D eigenvalue weighted by Gasteiger charge is -1.93. The van der Waals surface area contributed by atoms with Crippen LogP contribution in [-0.4, -0.2) is 9.97 Å². The molecule has 0 bridgehead atoms. The van der Waals surface area contributed by atoms with Crippen LogP contribution in [0.2, 0.25) is 0 Å². The lowest BCUT2D eigenvalue weighted by molar-refractivity contribution is 1.34. The van der Waals surface area contributed by atoms with E-state index in [1.165, 1.54) is 0 Å². The molecule has 0 unspecified atom stereocenters. The second kappa shape index (κ2) is 3.86. The fourth-order valence-corrected chi connectivity index (χ4v) is 2.14. The van der Waals surface area contributed by atoms with Gasteiger partial charge in [0.2, 0.25) is 0 Å². The van der Waals surface area contributed by atoms with Crippen LogP contribution in [0, 0.1) is 0 Å². The minimum Gasteiger partial charge on any atom is -0.389 e. The smallest absolute Gasteiger partial charge is 0.114 e. The Morgan fingerprint density at radius 2 is 2.14 bits per heavy atom. The van der Waals surface area contributed by atoms with Crippen LogP contribution in [0.15, 0.2) is 36.5 Å². The highest BCUT2D eigenvalue weighted by Gasteiger charge is 2.04. The summed E-state index contributed by atoms with van der Waals surface area (Å²) < 4.78 is 0. The van der Waals surface area contributed by atoms with Crippen molar-refractivity contribution in [3.8, 4) is 10.6 Å². The van der Waals surface area contributed by atoms with Crippen molar-refractivity contribution in [3.63, 3.8) is 0 Å². The number of thiocarbonyl (C=S) groups is 1. The molecule has 2 N–H and O–H groups in total. The SMILES string of the molecule is NC(=S)c1ccc(-c2ccccn2)s1. The van der Waals surface area contributed by atoms with Crippen molar-refractivity contribution in [1.29, 1.82) is 0 Å². The molecule has 0 atom stereocenters. The van der Waals surface area contributed by atoms with Gasteiger partial charge in [0, 0.05) is 6.20 Å². The fraction of sp³-hybridized carbons (Fsp3) is 0. The first kappa shape index (κ1) is 9.30. The molecule has 2 rings (SSSR count). The lowest BCUT2D eigenvalue weighted by atomic mass is 10.3. The summed E-state index contributed by atoms with van der Waals surface area (Å²) >= 11 is 6.46. The minimum atomic E-state index is 0.442. The predicted molar refractivity (Wildman–Crippen MR) is 63.4 cm³/mol. The molecule has 2 heterocycles. The molecule has 70 valence electrons. The van der Waals surface area contributed by atoms with Crippen LogP contribution in [-0.2, 0) is 0 Å². The molecule has 2 aromatic heterocycles. The standard InChI is InChI=1S/C10H8N2S2/c11-10(13)9-5-4-8(14-9)7-3-1-2-6-12-7/h1-6H,(H2,11,13). The van der Waals surface area contributed by atoms with Crippen molar-refractivity contribution >= 4 is 28.5 Å². The monoisotopic (exact) mass is 220 g/mol. The van der Waals surface area contributed by atoms with E-state index in [4.69, 9.17) is 18.0 Å². The van der Waals surface area contributed by atoms with E-state index < -0.39 is 0 Å². The van der Waals surface area contributed by atoms with Crippen LogP contribution in [0.4, 0.5) is 0 Å². The highest BCUT2D eigenvalue weighted by molar-refractivity contribution is 7.81. The number of hydrogen-bond acceptors (Lipinski definition) is 3. The third kappa shape index (κ3) is 1.81. The maximum atomic E-state index is 5.53. The van der Waals surface area contributed by atoms with Crippen LogP contribution >= 0.6 is 23.6 Å². The Balaban J connectivity index is 2.39. The van der Waals surface area contributed by atoms with Crippen molar-refractivity contribution in [1.82, 2.24) is 4.98 Å². The second-order valence-electron chi connectivity index (χ2n) is 2.74. The Bertz CT molecular complexity index is 448. The number of rotatable bonds is 2. The molecule has 0 aliphatic carbocycles. The molecule has 0 saturated heterocycles. The summed E-state index contributed by atoms with van der Waals surface area (Å²) in [4.78, 5) is 6.71. The van der Waals surface area contributed by atoms with Gasteiger partial charge in [-0.15, -0.1) is 11.3 Å². The van der Waals surface area contributed by atoms with Gasteiger partial charge in [0.1, 0.15) is 4.99 Å². The number of pyridine rings is 1. The van der Waals surface area contributed by atoms with Crippen LogP contribution in [0.3, 0.4) is 0 Å². The molecule has 0 fully saturated rings. The number of aromatic nitrogens is 1. The largest absolute Gasteiger partial charge is 0.389 e. The lowest BCUT2D eigenvalue weighted by Crippen LogP contribution is -2.06. The van der Waals surface area contributed by atoms with E-state index in [-0.39, 0.29) is 0 Å². The average molecular weight is 220 g/mol. The third-order valence-corrected chi connectivity index (χ3v) is 3.26. The predicted octanol–water partition coefficient (Wildman–Crippen LogP) is 2.44. The van der Waals surface area contributed by atoms with Gasteiger partial charge in [-0.05, 0) is 24.3 Å². The van der Waals surface area contributed by atoms with Gasteiger partial charge in [-0.3, -0.25) is 4.98 Å². The van der Waals surface area contributed by atoms with Crippen LogP contribution in [0.1, 0.15) is 4.88 Å². The van der Waals surface area contributed by atoms with E-state index >= 15 is 0 Å². The van der Waals surface area contributed by atoms with Crippen LogP contribution in [0.25, 0.3) is 10.6 Å². The summed E-state index contributed by atoms with van der Waals surface area (Å²) in [6.07, 6.45) is 1.77. The first-order chi connectivity index (χ1) is 6.77. The first-order valence-corrected chi connectivity index (χ1v) is 5.31. The topological polar surface area (TPSA) is 38.9 Å². The van der Waals surface area contributed by atoms with Crippen LogP contribution < -0.4 is 5.73 Å². The molecule has 0 spiro atoms. The van der Waals surface area contributed by atoms with Crippen molar-refractivity contribution in [2.75, 3.05) is 0 Å². The molecule has 0 aliphatic rings. The van der Waals surface area contributed by atoms with E-state index in [9.17, 15) is 0 Å². The molecule has 0 radical (unpaired) electrons. The highest BCUT2D eigenvalue weighted by Crippen LogP contribution is 2.25. The summed E-state index contributed by atoms with van der Waals surface area (Å²) in [5.41, 5.74) is 6.48. The number of nitrogens with two attached hydrogens (primary N) is 1. The maximum absolute atomic E-state index is 5.53. The number of nitrogens with zero attached hydrogens (tertiary/aromatic N) is 1. The molecule has 0 aromatic carbocycles. The summed E-state index contributed by atoms with van der Waals surface area (Å²) in [6.45, 7) is 0. The Labute approximate surface area is 91.4 Å². The first-order valence-electron chi connectivity index (χ1n) is 4.08. The number of thiophene rings is 1. The van der Waals surface area contributed by atoms with Crippen molar-refractivity contribution in [3.05, 3.63) is 41.4 Å². The Morgan fingerprint density at radius 3 is 2.71 bits per heavy atom. The second-order valence-corrected chi connectivity index (χ2v) is 4.27. The molecule has 0 amide bonds. The number of hydrogen-bond donors (Lipinski definition) is 1. The molecular formula is C10H8N2S2. The maximum Gasteiger partial charge on any atom is 0.114 e. The van der Waals surface area contributed by atoms with Crippen LogP contribution in [0.5, 0.6) is 0 Å². The van der Waals surface area contributed by atoms with Crippen molar-refractivity contribution in [2.45, 2.75) is 0 Å². The van der Waals surface area contributed by atoms with E-state index in [0.29, 0.717) is 4.99 Å². The Hall–Kier alpha value is -1.26. The molecular weight excluding hydrogens is 212 g/mol. The normalized spacial score (nSPS) is 10.0. The average Bonchev–Trinajstić information content (AvgIpc) is 2.68. The highest BCUT2D eigenvalue weighted by atomic mass is 32.1. The Kier molecular flexibility index (Phi) is 2.56. The zero-order valence-corrected chi connectivity index (χ0v) is 8.94. The zero-order chi connectivity index (χ0) is 9.97. The molecule has 0 aliphatic heterocycles. The van der Waals surface area contributed by atoms with Crippen molar-refractivity contribution < 1.29 is 0 Å². The van der Waals surface area contributed by atoms with Gasteiger partial charge >= 0.3 is 0 Å². The summed E-state index contributed by atoms with van der Waals surface area (Å²) in [7, 11) is 0. The van der Waals surface area contributed by atoms with Gasteiger partial charge in [-0.2, -0.15) is 0 Å². The van der Waals surface area contributed by atoms with Crippen molar-refractivity contribution in [2.24, 2.45) is 5.73 Å². The Morgan fingerprint density at radius 1 is 1.29 bits per heavy atom. The summed E-state index contributed by atoms with van der Waals surface area (Å²) in [5, 5.41) is 0. The molecule has 2 aromatic rings. The van der Waals surface area contributed by atoms with Gasteiger partial charge in [0.25, 0.3) is 0 Å². The van der Waals surface area contributed by atoms with Gasteiger partial charge < -0.3 is 5.73 Å². The molecule has 0 saturated carbocycles. The van der Waals surface area contributed by atoms with Gasteiger partial charge in [-0.1, -0.05) is 18.3 Å². The van der Waals surface area contributed by atoms with E-state index in [0.717, 1.165) is 15.4 Å². The van der Waals surface area contributed by atoms with Gasteiger partial charge in [0.05, 0.1) is 15.4 Å². The minimum absolute atomic E-state index is 0.442. The summed E-state index contributed by atoms with van der Waals surface area (Å²) in [6, 6.07) is 9.74.